The number of pyridine rings is 1. The standard InChI is InChI=1S/C26H23FN4O/c27-21-8-11-24-23(18-21)25(12-13-28-24)30-14-16-31(17-15-30)26(32)29-22-9-6-20(7-10-22)19-4-2-1-3-5-19/h1-13,18H,14-17H2,(H,29,32). The molecule has 3 aromatic carbocycles. The maximum Gasteiger partial charge on any atom is 0.321 e. The van der Waals surface area contributed by atoms with Crippen LogP contribution in [0.1, 0.15) is 0 Å². The van der Waals surface area contributed by atoms with Gasteiger partial charge < -0.3 is 15.1 Å². The zero-order chi connectivity index (χ0) is 21.9. The summed E-state index contributed by atoms with van der Waals surface area (Å²) in [6.07, 6.45) is 1.74. The largest absolute Gasteiger partial charge is 0.367 e. The van der Waals surface area contributed by atoms with Crippen LogP contribution in [0.5, 0.6) is 0 Å². The molecule has 1 aromatic heterocycles. The minimum atomic E-state index is -0.275. The fourth-order valence-corrected chi connectivity index (χ4v) is 4.11. The van der Waals surface area contributed by atoms with Crippen LogP contribution in [0.4, 0.5) is 20.6 Å². The second-order valence-corrected chi connectivity index (χ2v) is 7.84. The van der Waals surface area contributed by atoms with E-state index in [0.29, 0.717) is 26.2 Å². The molecule has 1 saturated heterocycles. The quantitative estimate of drug-likeness (QED) is 0.478. The van der Waals surface area contributed by atoms with Gasteiger partial charge in [0, 0.05) is 49.1 Å². The minimum absolute atomic E-state index is 0.109. The molecule has 0 bridgehead atoms. The highest BCUT2D eigenvalue weighted by molar-refractivity contribution is 5.92. The van der Waals surface area contributed by atoms with E-state index in [1.165, 1.54) is 12.1 Å². The lowest BCUT2D eigenvalue weighted by Crippen LogP contribution is -2.50. The first-order valence-corrected chi connectivity index (χ1v) is 10.7. The molecule has 2 amide bonds. The summed E-state index contributed by atoms with van der Waals surface area (Å²) in [7, 11) is 0. The van der Waals surface area contributed by atoms with Crippen LogP contribution in [0.2, 0.25) is 0 Å². The number of carbonyl (C=O) groups is 1. The number of aromatic nitrogens is 1. The van der Waals surface area contributed by atoms with Gasteiger partial charge in [-0.25, -0.2) is 9.18 Å². The van der Waals surface area contributed by atoms with Crippen LogP contribution in [-0.4, -0.2) is 42.1 Å². The number of halogens is 1. The van der Waals surface area contributed by atoms with Gasteiger partial charge in [0.05, 0.1) is 5.52 Å². The predicted molar refractivity (Wildman–Crippen MR) is 126 cm³/mol. The zero-order valence-corrected chi connectivity index (χ0v) is 17.5. The lowest BCUT2D eigenvalue weighted by Gasteiger charge is -2.36. The van der Waals surface area contributed by atoms with Crippen LogP contribution >= 0.6 is 0 Å². The monoisotopic (exact) mass is 426 g/mol. The number of piperazine rings is 1. The van der Waals surface area contributed by atoms with Crippen molar-refractivity contribution in [1.82, 2.24) is 9.88 Å². The molecule has 5 nitrogen and oxygen atoms in total. The Morgan fingerprint density at radius 1 is 0.844 bits per heavy atom. The average Bonchev–Trinajstić information content (AvgIpc) is 2.85. The van der Waals surface area contributed by atoms with Crippen LogP contribution in [-0.2, 0) is 0 Å². The van der Waals surface area contributed by atoms with Crippen LogP contribution in [0.15, 0.2) is 85.1 Å². The third kappa shape index (κ3) is 4.12. The number of urea groups is 1. The van der Waals surface area contributed by atoms with Gasteiger partial charge in [-0.3, -0.25) is 4.98 Å². The van der Waals surface area contributed by atoms with Gasteiger partial charge in [0.25, 0.3) is 0 Å². The summed E-state index contributed by atoms with van der Waals surface area (Å²) in [4.78, 5) is 21.1. The summed E-state index contributed by atoms with van der Waals surface area (Å²) in [5.41, 5.74) is 4.74. The fraction of sp³-hybridized carbons (Fsp3) is 0.154. The number of nitrogens with one attached hydrogen (secondary N) is 1. The lowest BCUT2D eigenvalue weighted by atomic mass is 10.1. The first-order chi connectivity index (χ1) is 15.7. The molecule has 1 fully saturated rings. The maximum atomic E-state index is 13.8. The Kier molecular flexibility index (Phi) is 5.42. The summed E-state index contributed by atoms with van der Waals surface area (Å²) in [5.74, 6) is -0.275. The van der Waals surface area contributed by atoms with Crippen molar-refractivity contribution >= 4 is 28.3 Å². The van der Waals surface area contributed by atoms with Gasteiger partial charge >= 0.3 is 6.03 Å². The number of hydrogen-bond donors (Lipinski definition) is 1. The summed E-state index contributed by atoms with van der Waals surface area (Å²) in [6, 6.07) is 24.5. The summed E-state index contributed by atoms with van der Waals surface area (Å²) >= 11 is 0. The molecule has 5 rings (SSSR count). The molecule has 1 aliphatic heterocycles. The van der Waals surface area contributed by atoms with E-state index in [1.54, 1.807) is 12.3 Å². The second kappa shape index (κ2) is 8.67. The van der Waals surface area contributed by atoms with E-state index in [9.17, 15) is 9.18 Å². The molecular weight excluding hydrogens is 403 g/mol. The predicted octanol–water partition coefficient (Wildman–Crippen LogP) is 5.40. The molecule has 160 valence electrons. The number of hydrogen-bond acceptors (Lipinski definition) is 3. The Labute approximate surface area is 186 Å². The second-order valence-electron chi connectivity index (χ2n) is 7.84. The number of anilines is 2. The normalized spacial score (nSPS) is 13.9. The van der Waals surface area contributed by atoms with Crippen LogP contribution in [0.25, 0.3) is 22.0 Å². The van der Waals surface area contributed by atoms with Gasteiger partial charge in [0.1, 0.15) is 5.82 Å². The van der Waals surface area contributed by atoms with E-state index >= 15 is 0 Å². The van der Waals surface area contributed by atoms with Crippen molar-refractivity contribution in [3.05, 3.63) is 90.9 Å². The Morgan fingerprint density at radius 3 is 2.31 bits per heavy atom. The molecule has 1 N–H and O–H groups in total. The molecule has 6 heteroatoms. The first kappa shape index (κ1) is 20.0. The zero-order valence-electron chi connectivity index (χ0n) is 17.5. The van der Waals surface area contributed by atoms with Gasteiger partial charge in [-0.1, -0.05) is 42.5 Å². The third-order valence-electron chi connectivity index (χ3n) is 5.83. The number of amides is 2. The van der Waals surface area contributed by atoms with E-state index in [1.807, 2.05) is 53.4 Å². The lowest BCUT2D eigenvalue weighted by molar-refractivity contribution is 0.208. The van der Waals surface area contributed by atoms with Gasteiger partial charge in [0.2, 0.25) is 0 Å². The molecule has 0 unspecified atom stereocenters. The molecule has 2 heterocycles. The molecular formula is C26H23FN4O. The first-order valence-electron chi connectivity index (χ1n) is 10.7. The Hall–Kier alpha value is -3.93. The highest BCUT2D eigenvalue weighted by Gasteiger charge is 2.22. The SMILES string of the molecule is O=C(Nc1ccc(-c2ccccc2)cc1)N1CCN(c2ccnc3ccc(F)cc23)CC1. The van der Waals surface area contributed by atoms with E-state index in [-0.39, 0.29) is 11.8 Å². The topological polar surface area (TPSA) is 48.5 Å². The molecule has 1 aliphatic rings. The van der Waals surface area contributed by atoms with Crippen molar-refractivity contribution in [1.29, 1.82) is 0 Å². The van der Waals surface area contributed by atoms with Gasteiger partial charge in [-0.15, -0.1) is 0 Å². The maximum absolute atomic E-state index is 13.8. The Balaban J connectivity index is 1.22. The molecule has 0 atom stereocenters. The van der Waals surface area contributed by atoms with Crippen LogP contribution < -0.4 is 10.2 Å². The fourth-order valence-electron chi connectivity index (χ4n) is 4.11. The van der Waals surface area contributed by atoms with Crippen molar-refractivity contribution in [3.8, 4) is 11.1 Å². The van der Waals surface area contributed by atoms with Crippen molar-refractivity contribution in [2.75, 3.05) is 36.4 Å². The van der Waals surface area contributed by atoms with Crippen LogP contribution in [0.3, 0.4) is 0 Å². The number of carbonyl (C=O) groups excluding carboxylic acids is 1. The van der Waals surface area contributed by atoms with Gasteiger partial charge in [-0.2, -0.15) is 0 Å². The van der Waals surface area contributed by atoms with E-state index in [0.717, 1.165) is 33.4 Å². The summed E-state index contributed by atoms with van der Waals surface area (Å²) in [5, 5.41) is 3.79. The molecule has 0 spiro atoms. The van der Waals surface area contributed by atoms with Crippen molar-refractivity contribution < 1.29 is 9.18 Å². The summed E-state index contributed by atoms with van der Waals surface area (Å²) < 4.78 is 13.8. The molecule has 0 aliphatic carbocycles. The highest BCUT2D eigenvalue weighted by atomic mass is 19.1. The summed E-state index contributed by atoms with van der Waals surface area (Å²) in [6.45, 7) is 2.53. The van der Waals surface area contributed by atoms with Crippen molar-refractivity contribution in [2.24, 2.45) is 0 Å². The number of nitrogens with zero attached hydrogens (tertiary/aromatic N) is 3. The smallest absolute Gasteiger partial charge is 0.321 e. The van der Waals surface area contributed by atoms with Crippen molar-refractivity contribution in [2.45, 2.75) is 0 Å². The minimum Gasteiger partial charge on any atom is -0.367 e. The Bertz CT molecular complexity index is 1240. The number of fused-ring (bicyclic) bond motifs is 1. The number of benzene rings is 3. The molecule has 0 radical (unpaired) electrons. The van der Waals surface area contributed by atoms with Crippen molar-refractivity contribution in [3.63, 3.8) is 0 Å². The van der Waals surface area contributed by atoms with E-state index < -0.39 is 0 Å². The third-order valence-corrected chi connectivity index (χ3v) is 5.83. The highest BCUT2D eigenvalue weighted by Crippen LogP contribution is 2.27. The molecule has 0 saturated carbocycles. The average molecular weight is 426 g/mol. The van der Waals surface area contributed by atoms with E-state index in [2.05, 4.69) is 27.3 Å². The van der Waals surface area contributed by atoms with Crippen LogP contribution in [0, 0.1) is 5.82 Å². The van der Waals surface area contributed by atoms with E-state index in [4.69, 9.17) is 0 Å². The molecule has 32 heavy (non-hydrogen) atoms. The van der Waals surface area contributed by atoms with Gasteiger partial charge in [-0.05, 0) is 47.5 Å². The Morgan fingerprint density at radius 2 is 1.56 bits per heavy atom. The number of rotatable bonds is 3. The molecule has 4 aromatic rings. The van der Waals surface area contributed by atoms with Gasteiger partial charge in [0.15, 0.2) is 0 Å².